The van der Waals surface area contributed by atoms with E-state index in [1.807, 2.05) is 24.3 Å². The van der Waals surface area contributed by atoms with Gasteiger partial charge < -0.3 is 41.9 Å². The molecule has 0 aliphatic rings. The van der Waals surface area contributed by atoms with Gasteiger partial charge in [0.05, 0.1) is 44.3 Å². The number of nitrogens with two attached hydrogens (primary N) is 3. The van der Waals surface area contributed by atoms with Crippen molar-refractivity contribution in [2.45, 2.75) is 19.3 Å². The van der Waals surface area contributed by atoms with Crippen LogP contribution in [-0.4, -0.2) is 106 Å². The lowest BCUT2D eigenvalue weighted by atomic mass is 10.2. The maximum atomic E-state index is 9.63. The summed E-state index contributed by atoms with van der Waals surface area (Å²) in [5, 5.41) is 30.4. The summed E-state index contributed by atoms with van der Waals surface area (Å²) in [6.45, 7) is 0.233. The van der Waals surface area contributed by atoms with E-state index in [0.717, 1.165) is 30.8 Å². The number of aromatic nitrogens is 4. The lowest BCUT2D eigenvalue weighted by Crippen LogP contribution is -2.10. The van der Waals surface area contributed by atoms with Crippen molar-refractivity contribution in [3.8, 4) is 11.5 Å². The molecule has 0 bridgehead atoms. The van der Waals surface area contributed by atoms with E-state index in [1.54, 1.807) is 24.3 Å². The van der Waals surface area contributed by atoms with Gasteiger partial charge in [-0.3, -0.25) is 19.9 Å². The summed E-state index contributed by atoms with van der Waals surface area (Å²) in [6, 6.07) is 14.4. The van der Waals surface area contributed by atoms with Crippen molar-refractivity contribution in [1.29, 1.82) is 10.8 Å². The number of imidazole rings is 1. The Hall–Kier alpha value is -4.93. The van der Waals surface area contributed by atoms with E-state index in [0.29, 0.717) is 41.3 Å². The summed E-state index contributed by atoms with van der Waals surface area (Å²) in [7, 11) is -7.85. The maximum absolute atomic E-state index is 9.63. The zero-order valence-electron chi connectivity index (χ0n) is 26.3. The number of nitrogen functional groups attached to an aromatic ring is 3. The van der Waals surface area contributed by atoms with Gasteiger partial charge in [-0.2, -0.15) is 16.8 Å². The Kier molecular flexibility index (Phi) is 18.8. The third-order valence-electron chi connectivity index (χ3n) is 5.61. The van der Waals surface area contributed by atoms with Crippen LogP contribution in [-0.2, 0) is 20.2 Å². The van der Waals surface area contributed by atoms with E-state index < -0.39 is 45.0 Å². The van der Waals surface area contributed by atoms with Crippen molar-refractivity contribution >= 4 is 48.9 Å². The topological polar surface area (TPSA) is 348 Å². The van der Waals surface area contributed by atoms with E-state index in [2.05, 4.69) is 19.9 Å². The first-order valence-electron chi connectivity index (χ1n) is 14.2. The van der Waals surface area contributed by atoms with Crippen LogP contribution < -0.4 is 26.7 Å². The summed E-state index contributed by atoms with van der Waals surface area (Å²) in [5.41, 5.74) is 19.0. The molecule has 19 nitrogen and oxygen atoms in total. The number of aliphatic hydroxyl groups is 2. The first-order valence-corrected chi connectivity index (χ1v) is 17.4. The molecule has 0 saturated carbocycles. The van der Waals surface area contributed by atoms with Gasteiger partial charge in [0.15, 0.2) is 11.5 Å². The number of fused-ring (bicyclic) bond motifs is 1. The Morgan fingerprint density at radius 3 is 1.47 bits per heavy atom. The van der Waals surface area contributed by atoms with Crippen LogP contribution in [0.15, 0.2) is 61.2 Å². The molecule has 2 aromatic carbocycles. The molecule has 0 aliphatic heterocycles. The first-order chi connectivity index (χ1) is 23.1. The van der Waals surface area contributed by atoms with Gasteiger partial charge in [0.25, 0.3) is 20.2 Å². The summed E-state index contributed by atoms with van der Waals surface area (Å²) in [4.78, 5) is 14.4. The van der Waals surface area contributed by atoms with Crippen molar-refractivity contribution in [2.24, 2.45) is 11.5 Å². The number of ether oxygens (including phenoxy) is 2. The van der Waals surface area contributed by atoms with E-state index in [4.69, 9.17) is 56.8 Å². The number of nitrogens with zero attached hydrogens (tertiary/aromatic N) is 3. The van der Waals surface area contributed by atoms with Crippen LogP contribution in [0.2, 0.25) is 0 Å². The van der Waals surface area contributed by atoms with Crippen molar-refractivity contribution in [3.05, 3.63) is 72.3 Å². The zero-order valence-corrected chi connectivity index (χ0v) is 27.9. The second-order valence-electron chi connectivity index (χ2n) is 9.51. The van der Waals surface area contributed by atoms with Gasteiger partial charge in [0.1, 0.15) is 35.0 Å². The molecule has 13 N–H and O–H groups in total. The number of hydrogen-bond acceptors (Lipinski definition) is 14. The van der Waals surface area contributed by atoms with Crippen LogP contribution in [0.5, 0.6) is 11.5 Å². The normalized spacial score (nSPS) is 10.7. The van der Waals surface area contributed by atoms with Gasteiger partial charge in [-0.25, -0.2) is 15.0 Å². The minimum absolute atomic E-state index is 0.0579. The van der Waals surface area contributed by atoms with Crippen molar-refractivity contribution in [2.75, 3.05) is 43.7 Å². The zero-order chi connectivity index (χ0) is 36.9. The van der Waals surface area contributed by atoms with Gasteiger partial charge in [-0.15, -0.1) is 0 Å². The van der Waals surface area contributed by atoms with E-state index in [1.165, 1.54) is 12.7 Å². The number of nitrogens with one attached hydrogen (secondary N) is 3. The number of anilines is 1. The molecular formula is C28H41N9O10S2. The lowest BCUT2D eigenvalue weighted by Gasteiger charge is -2.08. The fourth-order valence-electron chi connectivity index (χ4n) is 3.24. The largest absolute Gasteiger partial charge is 0.494 e. The molecule has 270 valence electrons. The molecule has 4 aromatic rings. The molecule has 0 unspecified atom stereocenters. The number of H-pyrrole nitrogens is 1. The predicted octanol–water partition coefficient (Wildman–Crippen LogP) is 0.551. The second-order valence-corrected chi connectivity index (χ2v) is 12.7. The van der Waals surface area contributed by atoms with E-state index in [-0.39, 0.29) is 11.7 Å². The molecule has 0 amide bonds. The van der Waals surface area contributed by atoms with Crippen LogP contribution in [0.3, 0.4) is 0 Å². The second kappa shape index (κ2) is 21.8. The molecule has 0 radical (unpaired) electrons. The molecule has 0 aliphatic carbocycles. The molecule has 2 aromatic heterocycles. The maximum Gasteiger partial charge on any atom is 0.267 e. The van der Waals surface area contributed by atoms with Crippen LogP contribution in [0.1, 0.15) is 30.4 Å². The van der Waals surface area contributed by atoms with Gasteiger partial charge in [-0.05, 0) is 67.8 Å². The fraction of sp³-hybridized carbons (Fsp3) is 0.321. The first kappa shape index (κ1) is 42.1. The predicted molar refractivity (Wildman–Crippen MR) is 183 cm³/mol. The van der Waals surface area contributed by atoms with Gasteiger partial charge in [0.2, 0.25) is 0 Å². The number of amidine groups is 2. The Morgan fingerprint density at radius 1 is 0.714 bits per heavy atom. The smallest absolute Gasteiger partial charge is 0.267 e. The SMILES string of the molecule is N=C(N)c1ccc(OCCCCCOc2ccc(C(=N)N)cc2)cc1.Nc1ncnc2nc[nH]c12.O=S(=O)(O)CCO.O=S(=O)(O)CCO. The van der Waals surface area contributed by atoms with Crippen LogP contribution in [0, 0.1) is 10.8 Å². The average Bonchev–Trinajstić information content (AvgIpc) is 3.51. The highest BCUT2D eigenvalue weighted by atomic mass is 32.2. The Balaban J connectivity index is 0.000000405. The Morgan fingerprint density at radius 2 is 1.14 bits per heavy atom. The average molecular weight is 728 g/mol. The molecule has 49 heavy (non-hydrogen) atoms. The molecule has 0 fully saturated rings. The summed E-state index contributed by atoms with van der Waals surface area (Å²) >= 11 is 0. The monoisotopic (exact) mass is 727 g/mol. The van der Waals surface area contributed by atoms with Crippen LogP contribution in [0.25, 0.3) is 11.2 Å². The van der Waals surface area contributed by atoms with Gasteiger partial charge in [0, 0.05) is 11.1 Å². The molecule has 4 rings (SSSR count). The highest BCUT2D eigenvalue weighted by Gasteiger charge is 2.02. The number of hydrogen-bond donors (Lipinski definition) is 10. The standard InChI is InChI=1S/C19H24N4O2.C5H5N5.2C2H6O4S/c20-18(21)14-4-8-16(9-5-14)24-12-2-1-3-13-25-17-10-6-15(7-11-17)19(22)23;6-4-3-5(9-1-7-3)10-2-8-4;2*3-1-2-7(4,5)6/h4-11H,1-3,12-13H2,(H3,20,21)(H3,22,23);1-2H,(H3,6,7,8,9,10);2*3H,1-2H2,(H,4,5,6). The highest BCUT2D eigenvalue weighted by Crippen LogP contribution is 2.14. The Labute approximate surface area is 283 Å². The fourth-order valence-corrected chi connectivity index (χ4v) is 3.70. The van der Waals surface area contributed by atoms with Crippen molar-refractivity contribution < 1.29 is 45.6 Å². The number of rotatable bonds is 14. The minimum Gasteiger partial charge on any atom is -0.494 e. The van der Waals surface area contributed by atoms with E-state index in [9.17, 15) is 16.8 Å². The number of aromatic amines is 1. The number of unbranched alkanes of at least 4 members (excludes halogenated alkanes) is 2. The quantitative estimate of drug-likeness (QED) is 0.0367. The number of aliphatic hydroxyl groups excluding tert-OH is 2. The summed E-state index contributed by atoms with van der Waals surface area (Å²) < 4.78 is 65.5. The molecule has 2 heterocycles. The van der Waals surface area contributed by atoms with E-state index >= 15 is 0 Å². The van der Waals surface area contributed by atoms with Crippen molar-refractivity contribution in [3.63, 3.8) is 0 Å². The highest BCUT2D eigenvalue weighted by molar-refractivity contribution is 7.86. The van der Waals surface area contributed by atoms with Gasteiger partial charge >= 0.3 is 0 Å². The van der Waals surface area contributed by atoms with Crippen LogP contribution >= 0.6 is 0 Å². The number of benzene rings is 2. The molecule has 0 atom stereocenters. The van der Waals surface area contributed by atoms with Gasteiger partial charge in [-0.1, -0.05) is 0 Å². The molecular weight excluding hydrogens is 686 g/mol. The minimum atomic E-state index is -3.92. The van der Waals surface area contributed by atoms with Crippen LogP contribution in [0.4, 0.5) is 5.82 Å². The molecule has 0 saturated heterocycles. The third-order valence-corrected chi connectivity index (χ3v) is 7.00. The molecule has 21 heteroatoms. The lowest BCUT2D eigenvalue weighted by molar-refractivity contribution is 0.279. The summed E-state index contributed by atoms with van der Waals surface area (Å²) in [5.74, 6) is 0.964. The Bertz CT molecular complexity index is 1690. The molecule has 0 spiro atoms. The third kappa shape index (κ3) is 19.5. The van der Waals surface area contributed by atoms with Crippen molar-refractivity contribution in [1.82, 2.24) is 19.9 Å². The summed E-state index contributed by atoms with van der Waals surface area (Å²) in [6.07, 6.45) is 5.83.